The van der Waals surface area contributed by atoms with Crippen LogP contribution in [0.3, 0.4) is 0 Å². The molecule has 22 heavy (non-hydrogen) atoms. The Bertz CT molecular complexity index is 474. The van der Waals surface area contributed by atoms with Crippen LogP contribution in [-0.2, 0) is 4.79 Å². The molecule has 0 bridgehead atoms. The van der Waals surface area contributed by atoms with Gasteiger partial charge in [0.25, 0.3) is 0 Å². The van der Waals surface area contributed by atoms with Crippen LogP contribution in [0.2, 0.25) is 0 Å². The zero-order valence-electron chi connectivity index (χ0n) is 13.8. The summed E-state index contributed by atoms with van der Waals surface area (Å²) in [5.41, 5.74) is 0.712. The molecule has 1 fully saturated rings. The third kappa shape index (κ3) is 4.91. The second-order valence-corrected chi connectivity index (χ2v) is 6.08. The molecule has 0 atom stereocenters. The Balaban J connectivity index is 1.84. The molecule has 0 saturated carbocycles. The van der Waals surface area contributed by atoms with Crippen molar-refractivity contribution in [2.75, 3.05) is 39.2 Å². The van der Waals surface area contributed by atoms with Gasteiger partial charge in [0, 0.05) is 23.9 Å². The van der Waals surface area contributed by atoms with Crippen molar-refractivity contribution >= 4 is 11.6 Å². The maximum absolute atomic E-state index is 12.1. The molecule has 5 heteroatoms. The lowest BCUT2D eigenvalue weighted by atomic mass is 9.99. The van der Waals surface area contributed by atoms with Crippen LogP contribution in [0.1, 0.15) is 26.2 Å². The second kappa shape index (κ2) is 8.03. The molecule has 1 saturated heterocycles. The number of piperidine rings is 1. The van der Waals surface area contributed by atoms with Crippen LogP contribution in [0, 0.1) is 5.92 Å². The van der Waals surface area contributed by atoms with E-state index in [0.29, 0.717) is 23.6 Å². The predicted octanol–water partition coefficient (Wildman–Crippen LogP) is 1.35. The van der Waals surface area contributed by atoms with Gasteiger partial charge in [-0.1, -0.05) is 6.92 Å². The third-order valence-electron chi connectivity index (χ3n) is 4.32. The van der Waals surface area contributed by atoms with E-state index < -0.39 is 0 Å². The lowest BCUT2D eigenvalue weighted by Crippen LogP contribution is -3.13. The zero-order chi connectivity index (χ0) is 15.9. The van der Waals surface area contributed by atoms with E-state index in [1.807, 2.05) is 0 Å². The van der Waals surface area contributed by atoms with E-state index in [9.17, 15) is 4.79 Å². The molecule has 122 valence electrons. The minimum absolute atomic E-state index is 0.0430. The molecule has 0 aliphatic carbocycles. The van der Waals surface area contributed by atoms with Crippen molar-refractivity contribution in [2.24, 2.45) is 5.92 Å². The molecule has 0 radical (unpaired) electrons. The fraction of sp³-hybridized carbons (Fsp3) is 0.588. The highest BCUT2D eigenvalue weighted by Crippen LogP contribution is 2.25. The maximum Gasteiger partial charge on any atom is 0.230 e. The second-order valence-electron chi connectivity index (χ2n) is 6.08. The van der Waals surface area contributed by atoms with Gasteiger partial charge < -0.3 is 19.7 Å². The van der Waals surface area contributed by atoms with Gasteiger partial charge >= 0.3 is 0 Å². The first-order valence-electron chi connectivity index (χ1n) is 7.97. The standard InChI is InChI=1S/C17H26N2O3/c1-13-4-7-19(8-5-13)9-6-17(20)18-14-10-15(21-2)12-16(11-14)22-3/h10-13H,4-9H2,1-3H3,(H,18,20)/p+1. The van der Waals surface area contributed by atoms with Gasteiger partial charge in [0.15, 0.2) is 0 Å². The van der Waals surface area contributed by atoms with Crippen LogP contribution in [0.5, 0.6) is 11.5 Å². The Morgan fingerprint density at radius 1 is 1.18 bits per heavy atom. The van der Waals surface area contributed by atoms with E-state index >= 15 is 0 Å². The van der Waals surface area contributed by atoms with Crippen LogP contribution < -0.4 is 19.7 Å². The average molecular weight is 307 g/mol. The van der Waals surface area contributed by atoms with E-state index in [2.05, 4.69) is 12.2 Å². The van der Waals surface area contributed by atoms with Gasteiger partial charge in [-0.15, -0.1) is 0 Å². The fourth-order valence-corrected chi connectivity index (χ4v) is 2.81. The Morgan fingerprint density at radius 3 is 2.32 bits per heavy atom. The number of methoxy groups -OCH3 is 2. The van der Waals surface area contributed by atoms with Crippen LogP contribution in [0.25, 0.3) is 0 Å². The summed E-state index contributed by atoms with van der Waals surface area (Å²) in [6, 6.07) is 5.39. The molecule has 0 unspecified atom stereocenters. The highest BCUT2D eigenvalue weighted by atomic mass is 16.5. The molecule has 0 spiro atoms. The molecule has 1 aromatic rings. The van der Waals surface area contributed by atoms with Gasteiger partial charge in [0.2, 0.25) is 5.91 Å². The number of nitrogens with one attached hydrogen (secondary N) is 2. The molecule has 2 rings (SSSR count). The van der Waals surface area contributed by atoms with E-state index in [-0.39, 0.29) is 5.91 Å². The maximum atomic E-state index is 12.1. The quantitative estimate of drug-likeness (QED) is 0.834. The summed E-state index contributed by atoms with van der Waals surface area (Å²) in [6.45, 7) is 5.57. The number of quaternary nitrogens is 1. The number of amides is 1. The largest absolute Gasteiger partial charge is 0.497 e. The molecule has 2 N–H and O–H groups in total. The molecule has 1 aliphatic heterocycles. The van der Waals surface area contributed by atoms with E-state index in [1.165, 1.54) is 30.8 Å². The van der Waals surface area contributed by atoms with Gasteiger partial charge in [-0.2, -0.15) is 0 Å². The van der Waals surface area contributed by atoms with Crippen LogP contribution >= 0.6 is 0 Å². The van der Waals surface area contributed by atoms with Crippen molar-refractivity contribution in [3.8, 4) is 11.5 Å². The van der Waals surface area contributed by atoms with Crippen molar-refractivity contribution < 1.29 is 19.2 Å². The summed E-state index contributed by atoms with van der Waals surface area (Å²) in [6.07, 6.45) is 3.08. The third-order valence-corrected chi connectivity index (χ3v) is 4.32. The Morgan fingerprint density at radius 2 is 1.77 bits per heavy atom. The smallest absolute Gasteiger partial charge is 0.230 e. The summed E-state index contributed by atoms with van der Waals surface area (Å²) in [5, 5.41) is 2.93. The van der Waals surface area contributed by atoms with Crippen molar-refractivity contribution in [2.45, 2.75) is 26.2 Å². The SMILES string of the molecule is COc1cc(NC(=O)CC[NH+]2CCC(C)CC2)cc(OC)c1. The molecule has 0 aromatic heterocycles. The Hall–Kier alpha value is -1.75. The number of anilines is 1. The molecule has 1 aliphatic rings. The van der Waals surface area contributed by atoms with Crippen molar-refractivity contribution in [3.63, 3.8) is 0 Å². The Labute approximate surface area is 132 Å². The number of ether oxygens (including phenoxy) is 2. The highest BCUT2D eigenvalue weighted by Gasteiger charge is 2.19. The van der Waals surface area contributed by atoms with Crippen molar-refractivity contribution in [3.05, 3.63) is 18.2 Å². The number of hydrogen-bond acceptors (Lipinski definition) is 3. The van der Waals surface area contributed by atoms with Gasteiger partial charge in [0.05, 0.1) is 40.3 Å². The minimum atomic E-state index is 0.0430. The first-order chi connectivity index (χ1) is 10.6. The zero-order valence-corrected chi connectivity index (χ0v) is 13.8. The molecular weight excluding hydrogens is 280 g/mol. The number of carbonyl (C=O) groups is 1. The first kappa shape index (κ1) is 16.6. The number of rotatable bonds is 6. The summed E-state index contributed by atoms with van der Waals surface area (Å²) < 4.78 is 10.4. The monoisotopic (exact) mass is 307 g/mol. The summed E-state index contributed by atoms with van der Waals surface area (Å²) in [5.74, 6) is 2.22. The summed E-state index contributed by atoms with van der Waals surface area (Å²) >= 11 is 0. The fourth-order valence-electron chi connectivity index (χ4n) is 2.81. The van der Waals surface area contributed by atoms with Gasteiger partial charge in [-0.05, 0) is 18.8 Å². The molecule has 1 amide bonds. The first-order valence-corrected chi connectivity index (χ1v) is 7.97. The normalized spacial score (nSPS) is 21.2. The van der Waals surface area contributed by atoms with Gasteiger partial charge in [-0.3, -0.25) is 4.79 Å². The van der Waals surface area contributed by atoms with E-state index in [4.69, 9.17) is 9.47 Å². The molecule has 5 nitrogen and oxygen atoms in total. The lowest BCUT2D eigenvalue weighted by molar-refractivity contribution is -0.905. The molecular formula is C17H27N2O3+. The van der Waals surface area contributed by atoms with Crippen molar-refractivity contribution in [1.29, 1.82) is 0 Å². The van der Waals surface area contributed by atoms with Gasteiger partial charge in [0.1, 0.15) is 11.5 Å². The minimum Gasteiger partial charge on any atom is -0.497 e. The van der Waals surface area contributed by atoms with Crippen LogP contribution in [0.15, 0.2) is 18.2 Å². The van der Waals surface area contributed by atoms with E-state index in [1.54, 1.807) is 32.4 Å². The van der Waals surface area contributed by atoms with Crippen LogP contribution in [-0.4, -0.2) is 39.8 Å². The highest BCUT2D eigenvalue weighted by molar-refractivity contribution is 5.91. The van der Waals surface area contributed by atoms with Gasteiger partial charge in [-0.25, -0.2) is 0 Å². The van der Waals surface area contributed by atoms with Crippen molar-refractivity contribution in [1.82, 2.24) is 0 Å². The Kier molecular flexibility index (Phi) is 6.07. The number of carbonyl (C=O) groups excluding carboxylic acids is 1. The molecule has 1 aromatic carbocycles. The number of hydrogen-bond donors (Lipinski definition) is 2. The summed E-state index contributed by atoms with van der Waals surface area (Å²) in [7, 11) is 3.20. The predicted molar refractivity (Wildman–Crippen MR) is 86.8 cm³/mol. The average Bonchev–Trinajstić information content (AvgIpc) is 2.54. The molecule has 1 heterocycles. The number of benzene rings is 1. The van der Waals surface area contributed by atoms with E-state index in [0.717, 1.165) is 12.5 Å². The summed E-state index contributed by atoms with van der Waals surface area (Å²) in [4.78, 5) is 13.7. The van der Waals surface area contributed by atoms with Crippen LogP contribution in [0.4, 0.5) is 5.69 Å². The number of likely N-dealkylation sites (tertiary alicyclic amines) is 1. The topological polar surface area (TPSA) is 52.0 Å². The lowest BCUT2D eigenvalue weighted by Gasteiger charge is -2.27.